The quantitative estimate of drug-likeness (QED) is 0.833. The van der Waals surface area contributed by atoms with E-state index in [0.717, 1.165) is 0 Å². The minimum Gasteiger partial charge on any atom is -0.497 e. The van der Waals surface area contributed by atoms with Crippen molar-refractivity contribution in [1.29, 1.82) is 0 Å². The molecule has 0 heterocycles. The van der Waals surface area contributed by atoms with Crippen LogP contribution in [0.4, 0.5) is 10.5 Å². The van der Waals surface area contributed by atoms with Crippen molar-refractivity contribution in [2.45, 2.75) is 6.92 Å². The Morgan fingerprint density at radius 1 is 1.06 bits per heavy atom. The molecule has 0 fully saturated rings. The van der Waals surface area contributed by atoms with Gasteiger partial charge in [0.05, 0.1) is 14.2 Å². The highest BCUT2D eigenvalue weighted by molar-refractivity contribution is 6.00. The summed E-state index contributed by atoms with van der Waals surface area (Å²) in [6, 6.07) is 4.30. The van der Waals surface area contributed by atoms with E-state index in [9.17, 15) is 9.59 Å². The van der Waals surface area contributed by atoms with Crippen LogP contribution in [0.1, 0.15) is 6.92 Å². The third kappa shape index (κ3) is 4.02. The summed E-state index contributed by atoms with van der Waals surface area (Å²) < 4.78 is 10.1. The zero-order valence-corrected chi connectivity index (χ0v) is 9.87. The van der Waals surface area contributed by atoms with E-state index >= 15 is 0 Å². The van der Waals surface area contributed by atoms with E-state index in [-0.39, 0.29) is 0 Å². The van der Waals surface area contributed by atoms with Gasteiger partial charge in [-0.15, -0.1) is 0 Å². The molecular weight excluding hydrogens is 224 g/mol. The lowest BCUT2D eigenvalue weighted by atomic mass is 10.3. The highest BCUT2D eigenvalue weighted by atomic mass is 16.5. The second-order valence-electron chi connectivity index (χ2n) is 3.24. The maximum Gasteiger partial charge on any atom is 0.325 e. The van der Waals surface area contributed by atoms with E-state index in [1.165, 1.54) is 21.1 Å². The summed E-state index contributed by atoms with van der Waals surface area (Å²) in [6.45, 7) is 1.26. The number of hydrogen-bond acceptors (Lipinski definition) is 4. The standard InChI is InChI=1S/C11H14N2O4/c1-7(14)12-11(15)13-8-4-9(16-2)6-10(5-8)17-3/h4-6H,1-3H3,(H2,12,13,14,15). The van der Waals surface area contributed by atoms with Gasteiger partial charge < -0.3 is 14.8 Å². The summed E-state index contributed by atoms with van der Waals surface area (Å²) in [5.41, 5.74) is 0.472. The molecule has 0 atom stereocenters. The van der Waals surface area contributed by atoms with Gasteiger partial charge >= 0.3 is 6.03 Å². The van der Waals surface area contributed by atoms with Crippen molar-refractivity contribution in [3.05, 3.63) is 18.2 Å². The minimum atomic E-state index is -0.604. The van der Waals surface area contributed by atoms with Gasteiger partial charge in [0.2, 0.25) is 5.91 Å². The van der Waals surface area contributed by atoms with Crippen molar-refractivity contribution >= 4 is 17.6 Å². The second-order valence-corrected chi connectivity index (χ2v) is 3.24. The second kappa shape index (κ2) is 5.74. The molecule has 0 saturated heterocycles. The molecule has 1 rings (SSSR count). The number of carbonyl (C=O) groups excluding carboxylic acids is 2. The average molecular weight is 238 g/mol. The van der Waals surface area contributed by atoms with Crippen molar-refractivity contribution in [2.75, 3.05) is 19.5 Å². The van der Waals surface area contributed by atoms with Gasteiger partial charge in [0.15, 0.2) is 0 Å². The van der Waals surface area contributed by atoms with Gasteiger partial charge in [-0.3, -0.25) is 10.1 Å². The van der Waals surface area contributed by atoms with E-state index in [4.69, 9.17) is 9.47 Å². The lowest BCUT2D eigenvalue weighted by Gasteiger charge is -2.09. The first kappa shape index (κ1) is 12.8. The van der Waals surface area contributed by atoms with E-state index in [1.807, 2.05) is 0 Å². The van der Waals surface area contributed by atoms with E-state index < -0.39 is 11.9 Å². The summed E-state index contributed by atoms with van der Waals surface area (Å²) >= 11 is 0. The van der Waals surface area contributed by atoms with Crippen LogP contribution >= 0.6 is 0 Å². The molecule has 2 N–H and O–H groups in total. The van der Waals surface area contributed by atoms with Crippen LogP contribution in [-0.2, 0) is 4.79 Å². The fourth-order valence-electron chi connectivity index (χ4n) is 1.20. The van der Waals surface area contributed by atoms with Gasteiger partial charge in [0, 0.05) is 30.8 Å². The van der Waals surface area contributed by atoms with Crippen LogP contribution in [0, 0.1) is 0 Å². The number of ether oxygens (including phenoxy) is 2. The fourth-order valence-corrected chi connectivity index (χ4v) is 1.20. The third-order valence-electron chi connectivity index (χ3n) is 1.90. The van der Waals surface area contributed by atoms with Crippen LogP contribution in [0.25, 0.3) is 0 Å². The number of urea groups is 1. The molecule has 0 bridgehead atoms. The number of imide groups is 1. The van der Waals surface area contributed by atoms with Crippen molar-refractivity contribution in [3.8, 4) is 11.5 Å². The normalized spacial score (nSPS) is 9.35. The molecule has 0 aliphatic heterocycles. The number of anilines is 1. The Labute approximate surface area is 98.9 Å². The molecule has 1 aromatic rings. The largest absolute Gasteiger partial charge is 0.497 e. The predicted molar refractivity (Wildman–Crippen MR) is 62.4 cm³/mol. The molecule has 92 valence electrons. The molecule has 3 amide bonds. The van der Waals surface area contributed by atoms with Crippen molar-refractivity contribution in [2.24, 2.45) is 0 Å². The topological polar surface area (TPSA) is 76.7 Å². The van der Waals surface area contributed by atoms with Crippen LogP contribution < -0.4 is 20.1 Å². The molecule has 0 unspecified atom stereocenters. The van der Waals surface area contributed by atoms with E-state index in [0.29, 0.717) is 17.2 Å². The molecule has 0 aromatic heterocycles. The Morgan fingerprint density at radius 3 is 2.00 bits per heavy atom. The molecule has 6 heteroatoms. The van der Waals surface area contributed by atoms with Gasteiger partial charge in [-0.1, -0.05) is 0 Å². The highest BCUT2D eigenvalue weighted by Gasteiger charge is 2.06. The molecular formula is C11H14N2O4. The molecule has 0 aliphatic rings. The average Bonchev–Trinajstić information content (AvgIpc) is 2.27. The first-order valence-corrected chi connectivity index (χ1v) is 4.87. The molecule has 0 aliphatic carbocycles. The number of carbonyl (C=O) groups is 2. The predicted octanol–water partition coefficient (Wildman–Crippen LogP) is 1.37. The number of benzene rings is 1. The summed E-state index contributed by atoms with van der Waals surface area (Å²) in [5.74, 6) is 0.655. The zero-order chi connectivity index (χ0) is 12.8. The highest BCUT2D eigenvalue weighted by Crippen LogP contribution is 2.25. The number of amides is 3. The van der Waals surface area contributed by atoms with Crippen LogP contribution in [0.5, 0.6) is 11.5 Å². The van der Waals surface area contributed by atoms with Crippen molar-refractivity contribution in [3.63, 3.8) is 0 Å². The smallest absolute Gasteiger partial charge is 0.325 e. The van der Waals surface area contributed by atoms with Crippen molar-refractivity contribution < 1.29 is 19.1 Å². The first-order chi connectivity index (χ1) is 8.05. The Hall–Kier alpha value is -2.24. The zero-order valence-electron chi connectivity index (χ0n) is 9.87. The Bertz CT molecular complexity index is 409. The molecule has 0 spiro atoms. The lowest BCUT2D eigenvalue weighted by Crippen LogP contribution is -2.32. The van der Waals surface area contributed by atoms with Gasteiger partial charge in [-0.05, 0) is 0 Å². The maximum atomic E-state index is 11.3. The van der Waals surface area contributed by atoms with E-state index in [1.54, 1.807) is 18.2 Å². The Kier molecular flexibility index (Phi) is 4.33. The Morgan fingerprint density at radius 2 is 1.59 bits per heavy atom. The van der Waals surface area contributed by atoms with Gasteiger partial charge in [-0.25, -0.2) is 4.79 Å². The maximum absolute atomic E-state index is 11.3. The summed E-state index contributed by atoms with van der Waals surface area (Å²) in [6.07, 6.45) is 0. The summed E-state index contributed by atoms with van der Waals surface area (Å²) in [5, 5.41) is 4.59. The third-order valence-corrected chi connectivity index (χ3v) is 1.90. The van der Waals surface area contributed by atoms with Gasteiger partial charge in [-0.2, -0.15) is 0 Å². The molecule has 6 nitrogen and oxygen atoms in total. The van der Waals surface area contributed by atoms with Crippen LogP contribution in [-0.4, -0.2) is 26.2 Å². The molecule has 0 saturated carbocycles. The lowest BCUT2D eigenvalue weighted by molar-refractivity contribution is -0.117. The SMILES string of the molecule is COc1cc(NC(=O)NC(C)=O)cc(OC)c1. The molecule has 0 radical (unpaired) electrons. The van der Waals surface area contributed by atoms with E-state index in [2.05, 4.69) is 10.6 Å². The number of methoxy groups -OCH3 is 2. The summed E-state index contributed by atoms with van der Waals surface area (Å²) in [7, 11) is 3.02. The van der Waals surface area contributed by atoms with Crippen molar-refractivity contribution in [1.82, 2.24) is 5.32 Å². The number of nitrogens with one attached hydrogen (secondary N) is 2. The first-order valence-electron chi connectivity index (χ1n) is 4.87. The van der Waals surface area contributed by atoms with Crippen LogP contribution in [0.2, 0.25) is 0 Å². The molecule has 17 heavy (non-hydrogen) atoms. The number of hydrogen-bond donors (Lipinski definition) is 2. The monoisotopic (exact) mass is 238 g/mol. The van der Waals surface area contributed by atoms with Crippen LogP contribution in [0.3, 0.4) is 0 Å². The van der Waals surface area contributed by atoms with Crippen LogP contribution in [0.15, 0.2) is 18.2 Å². The fraction of sp³-hybridized carbons (Fsp3) is 0.273. The van der Waals surface area contributed by atoms with Gasteiger partial charge in [0.25, 0.3) is 0 Å². The Balaban J connectivity index is 2.82. The van der Waals surface area contributed by atoms with Gasteiger partial charge in [0.1, 0.15) is 11.5 Å². The molecule has 1 aromatic carbocycles. The number of rotatable bonds is 3. The minimum absolute atomic E-state index is 0.433. The summed E-state index contributed by atoms with van der Waals surface area (Å²) in [4.78, 5) is 22.0.